The van der Waals surface area contributed by atoms with E-state index < -0.39 is 9.84 Å². The molecular weight excluding hydrogens is 366 g/mol. The number of fused-ring (bicyclic) bond motifs is 1. The van der Waals surface area contributed by atoms with E-state index in [1.165, 1.54) is 5.56 Å². The summed E-state index contributed by atoms with van der Waals surface area (Å²) in [5, 5.41) is 1.31. The molecule has 0 fully saturated rings. The average molecular weight is 390 g/mol. The molecule has 0 saturated carbocycles. The Bertz CT molecular complexity index is 1180. The molecule has 0 aliphatic carbocycles. The first-order valence-corrected chi connectivity index (χ1v) is 11.0. The Morgan fingerprint density at radius 1 is 0.821 bits per heavy atom. The molecule has 1 aromatic heterocycles. The van der Waals surface area contributed by atoms with Crippen LogP contribution in [0.1, 0.15) is 24.9 Å². The van der Waals surface area contributed by atoms with E-state index in [0.717, 1.165) is 23.7 Å². The Kier molecular flexibility index (Phi) is 5.05. The van der Waals surface area contributed by atoms with Gasteiger partial charge in [-0.1, -0.05) is 73.7 Å². The summed E-state index contributed by atoms with van der Waals surface area (Å²) in [4.78, 5) is 0.327. The summed E-state index contributed by atoms with van der Waals surface area (Å²) in [6, 6.07) is 28.7. The first-order valence-electron chi connectivity index (χ1n) is 9.55. The maximum Gasteiger partial charge on any atom is 0.222 e. The quantitative estimate of drug-likeness (QED) is 0.426. The summed E-state index contributed by atoms with van der Waals surface area (Å²) in [5.41, 5.74) is 2.16. The zero-order valence-electron chi connectivity index (χ0n) is 15.8. The number of para-hydroxylation sites is 1. The molecule has 0 aliphatic rings. The van der Waals surface area contributed by atoms with Gasteiger partial charge in [0.1, 0.15) is 5.03 Å². The zero-order chi connectivity index (χ0) is 19.6. The maximum atomic E-state index is 13.5. The minimum atomic E-state index is -3.62. The van der Waals surface area contributed by atoms with Crippen molar-refractivity contribution in [1.29, 1.82) is 0 Å². The minimum absolute atomic E-state index is 0.0517. The average Bonchev–Trinajstić information content (AvgIpc) is 3.14. The molecule has 0 spiro atoms. The topological polar surface area (TPSA) is 39.1 Å². The molecule has 4 heteroatoms. The van der Waals surface area contributed by atoms with Crippen molar-refractivity contribution in [3.05, 3.63) is 96.6 Å². The third-order valence-electron chi connectivity index (χ3n) is 5.19. The van der Waals surface area contributed by atoms with E-state index in [1.54, 1.807) is 24.3 Å². The van der Waals surface area contributed by atoms with E-state index in [1.807, 2.05) is 59.2 Å². The van der Waals surface area contributed by atoms with Gasteiger partial charge >= 0.3 is 0 Å². The van der Waals surface area contributed by atoms with Gasteiger partial charge in [0.2, 0.25) is 9.84 Å². The molecule has 1 atom stereocenters. The monoisotopic (exact) mass is 389 g/mol. The van der Waals surface area contributed by atoms with Gasteiger partial charge in [-0.15, -0.1) is 0 Å². The Balaban J connectivity index is 1.90. The van der Waals surface area contributed by atoms with Gasteiger partial charge in [0.25, 0.3) is 0 Å². The lowest BCUT2D eigenvalue weighted by Gasteiger charge is -2.22. The van der Waals surface area contributed by atoms with Gasteiger partial charge < -0.3 is 4.57 Å². The van der Waals surface area contributed by atoms with Crippen LogP contribution in [0.2, 0.25) is 0 Å². The Morgan fingerprint density at radius 2 is 1.43 bits per heavy atom. The van der Waals surface area contributed by atoms with E-state index in [-0.39, 0.29) is 6.04 Å². The van der Waals surface area contributed by atoms with Gasteiger partial charge in [0.05, 0.1) is 4.90 Å². The van der Waals surface area contributed by atoms with Crippen molar-refractivity contribution < 1.29 is 8.42 Å². The number of aromatic nitrogens is 1. The van der Waals surface area contributed by atoms with Crippen molar-refractivity contribution in [3.63, 3.8) is 0 Å². The fourth-order valence-corrected chi connectivity index (χ4v) is 5.30. The van der Waals surface area contributed by atoms with Crippen LogP contribution < -0.4 is 0 Å². The van der Waals surface area contributed by atoms with Crippen molar-refractivity contribution >= 4 is 20.7 Å². The van der Waals surface area contributed by atoms with Crippen LogP contribution in [0.25, 0.3) is 10.9 Å². The molecule has 3 aromatic carbocycles. The molecule has 4 aromatic rings. The Morgan fingerprint density at radius 3 is 2.11 bits per heavy atom. The Hall–Kier alpha value is -2.85. The lowest BCUT2D eigenvalue weighted by atomic mass is 10.0. The second-order valence-electron chi connectivity index (χ2n) is 6.98. The molecule has 3 nitrogen and oxygen atoms in total. The summed E-state index contributed by atoms with van der Waals surface area (Å²) in [6.45, 7) is 2.11. The molecule has 1 unspecified atom stereocenters. The highest BCUT2D eigenvalue weighted by atomic mass is 32.2. The highest BCUT2D eigenvalue weighted by Gasteiger charge is 2.27. The van der Waals surface area contributed by atoms with Crippen LogP contribution >= 0.6 is 0 Å². The molecule has 0 radical (unpaired) electrons. The van der Waals surface area contributed by atoms with Gasteiger partial charge in [-0.05, 0) is 42.7 Å². The van der Waals surface area contributed by atoms with Crippen molar-refractivity contribution in [1.82, 2.24) is 4.57 Å². The summed E-state index contributed by atoms with van der Waals surface area (Å²) in [7, 11) is -3.62. The lowest BCUT2D eigenvalue weighted by molar-refractivity contribution is 0.462. The number of hydrogen-bond donors (Lipinski definition) is 0. The summed E-state index contributed by atoms with van der Waals surface area (Å²) in [6.07, 6.45) is 1.62. The predicted octanol–water partition coefficient (Wildman–Crippen LogP) is 5.67. The van der Waals surface area contributed by atoms with Gasteiger partial charge in [0, 0.05) is 16.9 Å². The molecular formula is C24H23NO2S. The fraction of sp³-hybridized carbons (Fsp3) is 0.167. The number of rotatable bonds is 6. The SMILES string of the molecule is CCC(Cc1ccccc1)n1c(S(=O)(=O)c2ccccc2)cc2ccccc21. The van der Waals surface area contributed by atoms with Crippen LogP contribution in [0.4, 0.5) is 0 Å². The molecule has 4 rings (SSSR count). The van der Waals surface area contributed by atoms with Crippen molar-refractivity contribution in [3.8, 4) is 0 Å². The molecule has 0 N–H and O–H groups in total. The number of benzene rings is 3. The largest absolute Gasteiger partial charge is 0.328 e. The smallest absolute Gasteiger partial charge is 0.222 e. The predicted molar refractivity (Wildman–Crippen MR) is 113 cm³/mol. The van der Waals surface area contributed by atoms with Crippen LogP contribution in [0.15, 0.2) is 101 Å². The first kappa shape index (κ1) is 18.5. The molecule has 0 aliphatic heterocycles. The lowest BCUT2D eigenvalue weighted by Crippen LogP contribution is -2.17. The third kappa shape index (κ3) is 3.36. The second kappa shape index (κ2) is 7.64. The minimum Gasteiger partial charge on any atom is -0.328 e. The third-order valence-corrected chi connectivity index (χ3v) is 6.95. The van der Waals surface area contributed by atoms with Crippen molar-refractivity contribution in [2.45, 2.75) is 35.7 Å². The van der Waals surface area contributed by atoms with Gasteiger partial charge in [0.15, 0.2) is 0 Å². The highest BCUT2D eigenvalue weighted by Crippen LogP contribution is 2.33. The molecule has 0 amide bonds. The first-order chi connectivity index (χ1) is 13.6. The summed E-state index contributed by atoms with van der Waals surface area (Å²) in [5.74, 6) is 0. The maximum absolute atomic E-state index is 13.5. The van der Waals surface area contributed by atoms with E-state index in [0.29, 0.717) is 9.92 Å². The Labute approximate surface area is 166 Å². The van der Waals surface area contributed by atoms with Crippen LogP contribution in [0, 0.1) is 0 Å². The number of hydrogen-bond acceptors (Lipinski definition) is 2. The van der Waals surface area contributed by atoms with Gasteiger partial charge in [-0.25, -0.2) is 8.42 Å². The van der Waals surface area contributed by atoms with Crippen LogP contribution in [-0.4, -0.2) is 13.0 Å². The van der Waals surface area contributed by atoms with Gasteiger partial charge in [-0.2, -0.15) is 0 Å². The summed E-state index contributed by atoms with van der Waals surface area (Å²) >= 11 is 0. The molecule has 28 heavy (non-hydrogen) atoms. The second-order valence-corrected chi connectivity index (χ2v) is 8.88. The van der Waals surface area contributed by atoms with Gasteiger partial charge in [-0.3, -0.25) is 0 Å². The summed E-state index contributed by atoms with van der Waals surface area (Å²) < 4.78 is 29.0. The van der Waals surface area contributed by atoms with E-state index in [2.05, 4.69) is 19.1 Å². The van der Waals surface area contributed by atoms with E-state index >= 15 is 0 Å². The molecule has 0 bridgehead atoms. The van der Waals surface area contributed by atoms with Crippen molar-refractivity contribution in [2.24, 2.45) is 0 Å². The molecule has 1 heterocycles. The van der Waals surface area contributed by atoms with E-state index in [9.17, 15) is 8.42 Å². The number of sulfone groups is 1. The number of nitrogens with zero attached hydrogens (tertiary/aromatic N) is 1. The molecule has 142 valence electrons. The normalized spacial score (nSPS) is 12.9. The fourth-order valence-electron chi connectivity index (χ4n) is 3.76. The van der Waals surface area contributed by atoms with Crippen molar-refractivity contribution in [2.75, 3.05) is 0 Å². The zero-order valence-corrected chi connectivity index (χ0v) is 16.6. The van der Waals surface area contributed by atoms with E-state index in [4.69, 9.17) is 0 Å². The standard InChI is InChI=1S/C24H23NO2S/c1-2-21(17-19-11-5-3-6-12-19)25-23-16-10-9-13-20(23)18-24(25)28(26,27)22-14-7-4-8-15-22/h3-16,18,21H,2,17H2,1H3. The van der Waals surface area contributed by atoms with Crippen LogP contribution in [0.5, 0.6) is 0 Å². The van der Waals surface area contributed by atoms with Crippen LogP contribution in [0.3, 0.4) is 0 Å². The van der Waals surface area contributed by atoms with Crippen LogP contribution in [-0.2, 0) is 16.3 Å². The molecule has 0 saturated heterocycles. The highest BCUT2D eigenvalue weighted by molar-refractivity contribution is 7.91.